The van der Waals surface area contributed by atoms with E-state index in [-0.39, 0.29) is 30.0 Å². The molecule has 5 heteroatoms. The Bertz CT molecular complexity index is 883. The van der Waals surface area contributed by atoms with Gasteiger partial charge in [-0.2, -0.15) is 0 Å². The first kappa shape index (κ1) is 21.6. The van der Waals surface area contributed by atoms with Crippen LogP contribution in [-0.4, -0.2) is 29.1 Å². The fourth-order valence-electron chi connectivity index (χ4n) is 3.27. The highest BCUT2D eigenvalue weighted by Crippen LogP contribution is 2.22. The number of Topliss-reactive ketones (excluding diaryl/α,β-unsaturated/α-hetero) is 2. The molecule has 0 bridgehead atoms. The Hall–Kier alpha value is -2.69. The van der Waals surface area contributed by atoms with Crippen molar-refractivity contribution < 1.29 is 19.1 Å². The van der Waals surface area contributed by atoms with Crippen LogP contribution in [0, 0.1) is 13.8 Å². The number of carbonyl (C=O) groups excluding carboxylic acids is 3. The molecule has 0 aliphatic heterocycles. The minimum atomic E-state index is -0.416. The fraction of sp³-hybridized carbons (Fsp3) is 0.435. The molecule has 0 spiro atoms. The second-order valence-electron chi connectivity index (χ2n) is 8.21. The lowest BCUT2D eigenvalue weighted by atomic mass is 9.86. The van der Waals surface area contributed by atoms with Crippen LogP contribution in [0.3, 0.4) is 0 Å². The maximum absolute atomic E-state index is 12.3. The molecule has 5 nitrogen and oxygen atoms in total. The maximum atomic E-state index is 12.3. The number of esters is 1. The lowest BCUT2D eigenvalue weighted by Crippen LogP contribution is -2.16. The van der Waals surface area contributed by atoms with E-state index < -0.39 is 5.97 Å². The summed E-state index contributed by atoms with van der Waals surface area (Å²) in [7, 11) is 0. The minimum absolute atomic E-state index is 0.0916. The van der Waals surface area contributed by atoms with Crippen LogP contribution in [0.25, 0.3) is 0 Å². The average molecular weight is 383 g/mol. The third-order valence-electron chi connectivity index (χ3n) is 4.87. The number of ether oxygens (including phenoxy) is 1. The lowest BCUT2D eigenvalue weighted by Gasteiger charge is -2.19. The van der Waals surface area contributed by atoms with E-state index in [9.17, 15) is 14.4 Å². The zero-order valence-electron chi connectivity index (χ0n) is 17.6. The molecule has 150 valence electrons. The van der Waals surface area contributed by atoms with Crippen molar-refractivity contribution in [1.29, 1.82) is 0 Å². The number of carbonyl (C=O) groups is 3. The van der Waals surface area contributed by atoms with Gasteiger partial charge in [0.15, 0.2) is 12.4 Å². The van der Waals surface area contributed by atoms with E-state index >= 15 is 0 Å². The molecule has 0 saturated heterocycles. The van der Waals surface area contributed by atoms with Crippen LogP contribution < -0.4 is 0 Å². The minimum Gasteiger partial charge on any atom is -0.457 e. The Morgan fingerprint density at radius 2 is 1.64 bits per heavy atom. The SMILES string of the molecule is CC(=O)c1c(C)[nH]c(C(=O)COC(=O)CCc2ccc(C(C)(C)C)cc2)c1C. The van der Waals surface area contributed by atoms with E-state index in [1.165, 1.54) is 12.5 Å². The largest absolute Gasteiger partial charge is 0.457 e. The van der Waals surface area contributed by atoms with Crippen molar-refractivity contribution >= 4 is 17.5 Å². The van der Waals surface area contributed by atoms with Crippen LogP contribution in [0.1, 0.15) is 77.3 Å². The van der Waals surface area contributed by atoms with E-state index in [1.54, 1.807) is 13.8 Å². The first-order valence-corrected chi connectivity index (χ1v) is 9.49. The van der Waals surface area contributed by atoms with Gasteiger partial charge in [0.1, 0.15) is 0 Å². The quantitative estimate of drug-likeness (QED) is 0.564. The Kier molecular flexibility index (Phi) is 6.60. The van der Waals surface area contributed by atoms with Crippen LogP contribution >= 0.6 is 0 Å². The summed E-state index contributed by atoms with van der Waals surface area (Å²) >= 11 is 0. The van der Waals surface area contributed by atoms with Crippen molar-refractivity contribution in [2.24, 2.45) is 0 Å². The van der Waals surface area contributed by atoms with Crippen LogP contribution in [0.15, 0.2) is 24.3 Å². The Balaban J connectivity index is 1.88. The third-order valence-corrected chi connectivity index (χ3v) is 4.87. The molecule has 0 fully saturated rings. The van der Waals surface area contributed by atoms with Crippen molar-refractivity contribution in [1.82, 2.24) is 4.98 Å². The molecule has 28 heavy (non-hydrogen) atoms. The molecule has 0 unspecified atom stereocenters. The highest BCUT2D eigenvalue weighted by atomic mass is 16.5. The Labute approximate surface area is 166 Å². The number of aryl methyl sites for hydroxylation is 2. The number of aromatic nitrogens is 1. The van der Waals surface area contributed by atoms with Crippen LogP contribution in [-0.2, 0) is 21.4 Å². The topological polar surface area (TPSA) is 76.2 Å². The van der Waals surface area contributed by atoms with Gasteiger partial charge < -0.3 is 9.72 Å². The van der Waals surface area contributed by atoms with Crippen LogP contribution in [0.5, 0.6) is 0 Å². The van der Waals surface area contributed by atoms with Gasteiger partial charge in [0.2, 0.25) is 5.78 Å². The van der Waals surface area contributed by atoms with Crippen LogP contribution in [0.2, 0.25) is 0 Å². The summed E-state index contributed by atoms with van der Waals surface area (Å²) < 4.78 is 5.13. The number of hydrogen-bond donors (Lipinski definition) is 1. The highest BCUT2D eigenvalue weighted by Gasteiger charge is 2.20. The van der Waals surface area contributed by atoms with E-state index in [0.29, 0.717) is 28.9 Å². The first-order valence-electron chi connectivity index (χ1n) is 9.49. The van der Waals surface area contributed by atoms with Gasteiger partial charge >= 0.3 is 5.97 Å². The monoisotopic (exact) mass is 383 g/mol. The molecule has 2 aromatic rings. The number of hydrogen-bond acceptors (Lipinski definition) is 4. The zero-order chi connectivity index (χ0) is 21.1. The van der Waals surface area contributed by atoms with Gasteiger partial charge in [0.05, 0.1) is 5.69 Å². The van der Waals surface area contributed by atoms with Crippen molar-refractivity contribution in [3.05, 3.63) is 57.9 Å². The first-order chi connectivity index (χ1) is 13.0. The summed E-state index contributed by atoms with van der Waals surface area (Å²) in [6, 6.07) is 8.20. The standard InChI is InChI=1S/C23H29NO4/c1-14-21(16(3)25)15(2)24-22(14)19(26)13-28-20(27)12-9-17-7-10-18(11-8-17)23(4,5)6/h7-8,10-11,24H,9,12-13H2,1-6H3. The molecule has 1 heterocycles. The maximum Gasteiger partial charge on any atom is 0.306 e. The van der Waals surface area contributed by atoms with Crippen molar-refractivity contribution in [3.8, 4) is 0 Å². The third kappa shape index (κ3) is 5.18. The molecule has 0 saturated carbocycles. The summed E-state index contributed by atoms with van der Waals surface area (Å²) in [4.78, 5) is 38.9. The number of benzene rings is 1. The van der Waals surface area contributed by atoms with E-state index in [0.717, 1.165) is 5.56 Å². The zero-order valence-corrected chi connectivity index (χ0v) is 17.6. The predicted molar refractivity (Wildman–Crippen MR) is 109 cm³/mol. The van der Waals surface area contributed by atoms with Crippen LogP contribution in [0.4, 0.5) is 0 Å². The summed E-state index contributed by atoms with van der Waals surface area (Å²) in [5.41, 5.74) is 4.49. The van der Waals surface area contributed by atoms with Crippen molar-refractivity contribution in [2.45, 2.75) is 59.8 Å². The van der Waals surface area contributed by atoms with Gasteiger partial charge in [0, 0.05) is 17.7 Å². The van der Waals surface area contributed by atoms with Gasteiger partial charge in [0.25, 0.3) is 0 Å². The number of aromatic amines is 1. The van der Waals surface area contributed by atoms with Gasteiger partial charge in [-0.3, -0.25) is 14.4 Å². The molecular formula is C23H29NO4. The molecule has 1 aromatic carbocycles. The molecule has 0 aliphatic rings. The fourth-order valence-corrected chi connectivity index (χ4v) is 3.27. The molecule has 0 aliphatic carbocycles. The summed E-state index contributed by atoms with van der Waals surface area (Å²) in [6.45, 7) is 11.1. The number of ketones is 2. The van der Waals surface area contributed by atoms with E-state index in [1.807, 2.05) is 12.1 Å². The second kappa shape index (κ2) is 8.55. The predicted octanol–water partition coefficient (Wildman–Crippen LogP) is 4.49. The number of nitrogens with one attached hydrogen (secondary N) is 1. The van der Waals surface area contributed by atoms with Crippen molar-refractivity contribution in [2.75, 3.05) is 6.61 Å². The van der Waals surface area contributed by atoms with Gasteiger partial charge in [-0.1, -0.05) is 45.0 Å². The molecule has 1 aromatic heterocycles. The van der Waals surface area contributed by atoms with E-state index in [2.05, 4.69) is 37.9 Å². The Morgan fingerprint density at radius 3 is 2.14 bits per heavy atom. The summed E-state index contributed by atoms with van der Waals surface area (Å²) in [5, 5.41) is 0. The Morgan fingerprint density at radius 1 is 1.04 bits per heavy atom. The highest BCUT2D eigenvalue weighted by molar-refractivity contribution is 6.04. The van der Waals surface area contributed by atoms with Crippen molar-refractivity contribution in [3.63, 3.8) is 0 Å². The van der Waals surface area contributed by atoms with E-state index in [4.69, 9.17) is 4.74 Å². The van der Waals surface area contributed by atoms with Gasteiger partial charge in [-0.25, -0.2) is 0 Å². The molecule has 0 amide bonds. The lowest BCUT2D eigenvalue weighted by molar-refractivity contribution is -0.142. The molecule has 0 atom stereocenters. The molecular weight excluding hydrogens is 354 g/mol. The smallest absolute Gasteiger partial charge is 0.306 e. The summed E-state index contributed by atoms with van der Waals surface area (Å²) in [5.74, 6) is -0.850. The second-order valence-corrected chi connectivity index (χ2v) is 8.21. The summed E-state index contributed by atoms with van der Waals surface area (Å²) in [6.07, 6.45) is 0.774. The average Bonchev–Trinajstić information content (AvgIpc) is 2.92. The molecule has 2 rings (SSSR count). The van der Waals surface area contributed by atoms with Gasteiger partial charge in [-0.15, -0.1) is 0 Å². The molecule has 0 radical (unpaired) electrons. The number of H-pyrrole nitrogens is 1. The van der Waals surface area contributed by atoms with Gasteiger partial charge in [-0.05, 0) is 49.3 Å². The molecule has 1 N–H and O–H groups in total. The normalized spacial score (nSPS) is 11.4. The number of rotatable bonds is 7.